The van der Waals surface area contributed by atoms with Crippen LogP contribution in [0.2, 0.25) is 0 Å². The molecule has 0 atom stereocenters. The Morgan fingerprint density at radius 2 is 2.10 bits per heavy atom. The third-order valence-corrected chi connectivity index (χ3v) is 4.15. The largest absolute Gasteiger partial charge is 0.449 e. The molecule has 6 heteroatoms. The lowest BCUT2D eigenvalue weighted by Gasteiger charge is -1.97. The number of furan rings is 1. The Kier molecular flexibility index (Phi) is 4.66. The summed E-state index contributed by atoms with van der Waals surface area (Å²) < 4.78 is 6.33. The molecule has 0 spiro atoms. The first-order valence-electron chi connectivity index (χ1n) is 5.54. The van der Waals surface area contributed by atoms with Gasteiger partial charge in [0.2, 0.25) is 0 Å². The first-order valence-corrected chi connectivity index (χ1v) is 7.15. The predicted molar refractivity (Wildman–Crippen MR) is 79.8 cm³/mol. The van der Waals surface area contributed by atoms with Gasteiger partial charge in [-0.1, -0.05) is 30.0 Å². The van der Waals surface area contributed by atoms with Crippen molar-refractivity contribution in [1.29, 1.82) is 5.26 Å². The highest BCUT2D eigenvalue weighted by Gasteiger charge is 2.11. The van der Waals surface area contributed by atoms with Gasteiger partial charge in [0.05, 0.1) is 4.47 Å². The van der Waals surface area contributed by atoms with Crippen LogP contribution in [-0.4, -0.2) is 5.91 Å². The van der Waals surface area contributed by atoms with Gasteiger partial charge >= 0.3 is 0 Å². The Hall–Kier alpha value is -1.97. The van der Waals surface area contributed by atoms with Gasteiger partial charge in [0.1, 0.15) is 17.4 Å². The maximum absolute atomic E-state index is 11.0. The second-order valence-electron chi connectivity index (χ2n) is 3.73. The summed E-state index contributed by atoms with van der Waals surface area (Å²) in [6, 6.07) is 13.1. The van der Waals surface area contributed by atoms with Crippen LogP contribution < -0.4 is 5.73 Å². The lowest BCUT2D eigenvalue weighted by atomic mass is 10.2. The molecule has 2 rings (SSSR count). The number of carbonyl (C=O) groups excluding carboxylic acids is 1. The fraction of sp³-hybridized carbons (Fsp3) is 0. The average Bonchev–Trinajstić information content (AvgIpc) is 2.77. The number of hydrogen-bond donors (Lipinski definition) is 1. The highest BCUT2D eigenvalue weighted by Crippen LogP contribution is 2.36. The lowest BCUT2D eigenvalue weighted by molar-refractivity contribution is -0.114. The van der Waals surface area contributed by atoms with Crippen molar-refractivity contribution >= 4 is 39.7 Å². The molecule has 0 fully saturated rings. The van der Waals surface area contributed by atoms with Gasteiger partial charge in [0.15, 0.2) is 5.09 Å². The van der Waals surface area contributed by atoms with Gasteiger partial charge in [-0.3, -0.25) is 4.79 Å². The van der Waals surface area contributed by atoms with Crippen LogP contribution in [0.4, 0.5) is 0 Å². The van der Waals surface area contributed by atoms with Gasteiger partial charge in [-0.2, -0.15) is 5.26 Å². The molecule has 2 N–H and O–H groups in total. The van der Waals surface area contributed by atoms with Crippen LogP contribution in [0.3, 0.4) is 0 Å². The number of nitrogens with zero attached hydrogens (tertiary/aromatic N) is 1. The van der Waals surface area contributed by atoms with Crippen molar-refractivity contribution in [3.05, 3.63) is 52.2 Å². The van der Waals surface area contributed by atoms with Crippen LogP contribution in [0, 0.1) is 11.3 Å². The van der Waals surface area contributed by atoms with Crippen molar-refractivity contribution in [2.75, 3.05) is 0 Å². The number of nitrogens with two attached hydrogens (primary N) is 1. The van der Waals surface area contributed by atoms with Crippen LogP contribution in [0.5, 0.6) is 0 Å². The predicted octanol–water partition coefficient (Wildman–Crippen LogP) is 3.59. The van der Waals surface area contributed by atoms with Crippen molar-refractivity contribution in [2.45, 2.75) is 9.99 Å². The zero-order chi connectivity index (χ0) is 14.5. The number of carbonyl (C=O) groups is 1. The third kappa shape index (κ3) is 3.53. The maximum Gasteiger partial charge on any atom is 0.259 e. The summed E-state index contributed by atoms with van der Waals surface area (Å²) in [6.07, 6.45) is 1.32. The molecular weight excluding hydrogens is 340 g/mol. The van der Waals surface area contributed by atoms with Crippen molar-refractivity contribution < 1.29 is 9.21 Å². The van der Waals surface area contributed by atoms with Gasteiger partial charge in [-0.25, -0.2) is 0 Å². The molecule has 0 aliphatic rings. The third-order valence-electron chi connectivity index (χ3n) is 2.30. The summed E-state index contributed by atoms with van der Waals surface area (Å²) in [7, 11) is 0. The van der Waals surface area contributed by atoms with E-state index in [1.165, 1.54) is 17.8 Å². The second-order valence-corrected chi connectivity index (χ2v) is 5.63. The molecule has 0 aliphatic heterocycles. The van der Waals surface area contributed by atoms with Gasteiger partial charge in [-0.15, -0.1) is 0 Å². The molecule has 1 heterocycles. The quantitative estimate of drug-likeness (QED) is 0.676. The van der Waals surface area contributed by atoms with Crippen LogP contribution in [0.15, 0.2) is 60.8 Å². The number of primary amides is 1. The van der Waals surface area contributed by atoms with E-state index in [0.717, 1.165) is 9.37 Å². The lowest BCUT2D eigenvalue weighted by Crippen LogP contribution is -2.12. The molecule has 4 nitrogen and oxygen atoms in total. The van der Waals surface area contributed by atoms with E-state index in [4.69, 9.17) is 15.4 Å². The van der Waals surface area contributed by atoms with E-state index in [1.54, 1.807) is 12.1 Å². The average molecular weight is 349 g/mol. The van der Waals surface area contributed by atoms with Crippen molar-refractivity contribution in [1.82, 2.24) is 0 Å². The van der Waals surface area contributed by atoms with Crippen LogP contribution in [0.1, 0.15) is 5.76 Å². The highest BCUT2D eigenvalue weighted by molar-refractivity contribution is 9.10. The topological polar surface area (TPSA) is 80.0 Å². The maximum atomic E-state index is 11.0. The summed E-state index contributed by atoms with van der Waals surface area (Å²) in [5.74, 6) is -0.386. The standard InChI is InChI=1S/C14H9BrN2O2S/c15-12-7-10(6-9(8-16)13(17)18)19-14(12)20-11-4-2-1-3-5-11/h1-7H,(H2,17,18)/b9-6-. The monoisotopic (exact) mass is 348 g/mol. The molecule has 0 unspecified atom stereocenters. The van der Waals surface area contributed by atoms with E-state index in [1.807, 2.05) is 30.3 Å². The van der Waals surface area contributed by atoms with E-state index in [9.17, 15) is 4.79 Å². The SMILES string of the molecule is N#C/C(=C/c1cc(Br)c(Sc2ccccc2)o1)C(N)=O. The molecule has 0 saturated carbocycles. The number of amides is 1. The Morgan fingerprint density at radius 3 is 2.70 bits per heavy atom. The van der Waals surface area contributed by atoms with Crippen molar-refractivity contribution in [3.63, 3.8) is 0 Å². The molecule has 1 aromatic heterocycles. The zero-order valence-corrected chi connectivity index (χ0v) is 12.6. The van der Waals surface area contributed by atoms with Gasteiger partial charge in [-0.05, 0) is 34.1 Å². The number of hydrogen-bond acceptors (Lipinski definition) is 4. The minimum atomic E-state index is -0.780. The molecule has 20 heavy (non-hydrogen) atoms. The highest BCUT2D eigenvalue weighted by atomic mass is 79.9. The minimum absolute atomic E-state index is 0.150. The summed E-state index contributed by atoms with van der Waals surface area (Å²) in [5, 5.41) is 9.43. The van der Waals surface area contributed by atoms with Gasteiger partial charge < -0.3 is 10.2 Å². The number of nitriles is 1. The molecule has 100 valence electrons. The Bertz CT molecular complexity index is 702. The Morgan fingerprint density at radius 1 is 1.40 bits per heavy atom. The second kappa shape index (κ2) is 6.46. The zero-order valence-electron chi connectivity index (χ0n) is 10.2. The van der Waals surface area contributed by atoms with Gasteiger partial charge in [0.25, 0.3) is 5.91 Å². The van der Waals surface area contributed by atoms with E-state index < -0.39 is 5.91 Å². The van der Waals surface area contributed by atoms with E-state index in [-0.39, 0.29) is 5.57 Å². The molecule has 0 bridgehead atoms. The number of rotatable bonds is 4. The fourth-order valence-corrected chi connectivity index (χ4v) is 2.76. The first-order chi connectivity index (χ1) is 9.60. The molecule has 0 radical (unpaired) electrons. The van der Waals surface area contributed by atoms with E-state index >= 15 is 0 Å². The smallest absolute Gasteiger partial charge is 0.259 e. The Labute approximate surface area is 128 Å². The van der Waals surface area contributed by atoms with Gasteiger partial charge in [0, 0.05) is 11.0 Å². The van der Waals surface area contributed by atoms with Crippen molar-refractivity contribution in [3.8, 4) is 6.07 Å². The molecule has 2 aromatic rings. The van der Waals surface area contributed by atoms with Crippen LogP contribution in [-0.2, 0) is 4.79 Å². The van der Waals surface area contributed by atoms with Crippen LogP contribution >= 0.6 is 27.7 Å². The van der Waals surface area contributed by atoms with Crippen molar-refractivity contribution in [2.24, 2.45) is 5.73 Å². The van der Waals surface area contributed by atoms with E-state index in [2.05, 4.69) is 15.9 Å². The number of benzene rings is 1. The van der Waals surface area contributed by atoms with Crippen LogP contribution in [0.25, 0.3) is 6.08 Å². The summed E-state index contributed by atoms with van der Waals surface area (Å²) >= 11 is 4.82. The number of halogens is 1. The Balaban J connectivity index is 2.27. The summed E-state index contributed by atoms with van der Waals surface area (Å²) in [5.41, 5.74) is 4.92. The van der Waals surface area contributed by atoms with E-state index in [0.29, 0.717) is 10.9 Å². The summed E-state index contributed by atoms with van der Waals surface area (Å²) in [4.78, 5) is 12.0. The molecule has 1 amide bonds. The minimum Gasteiger partial charge on any atom is -0.449 e. The summed E-state index contributed by atoms with van der Waals surface area (Å²) in [6.45, 7) is 0. The fourth-order valence-electron chi connectivity index (χ4n) is 1.41. The molecular formula is C14H9BrN2O2S. The molecule has 1 aromatic carbocycles. The molecule has 0 aliphatic carbocycles. The molecule has 0 saturated heterocycles. The first kappa shape index (κ1) is 14.4. The normalized spacial score (nSPS) is 11.1.